The van der Waals surface area contributed by atoms with Gasteiger partial charge in [0.1, 0.15) is 18.5 Å². The molecule has 0 amide bonds. The van der Waals surface area contributed by atoms with Crippen molar-refractivity contribution in [2.75, 3.05) is 11.9 Å². The van der Waals surface area contributed by atoms with Crippen molar-refractivity contribution in [2.24, 2.45) is 7.05 Å². The number of rotatable bonds is 8. The fraction of sp³-hybridized carbons (Fsp3) is 0.304. The Bertz CT molecular complexity index is 1390. The molecule has 4 rings (SSSR count). The van der Waals surface area contributed by atoms with Crippen LogP contribution in [-0.2, 0) is 20.1 Å². The van der Waals surface area contributed by atoms with Crippen LogP contribution in [0.25, 0.3) is 11.2 Å². The van der Waals surface area contributed by atoms with E-state index >= 15 is 0 Å². The Labute approximate surface area is 189 Å². The second-order valence-corrected chi connectivity index (χ2v) is 7.96. The lowest BCUT2D eigenvalue weighted by Crippen LogP contribution is -2.31. The Morgan fingerprint density at radius 1 is 1.21 bits per heavy atom. The molecule has 172 valence electrons. The maximum atomic E-state index is 12.6. The highest BCUT2D eigenvalue weighted by Crippen LogP contribution is 2.19. The van der Waals surface area contributed by atoms with Crippen molar-refractivity contribution in [3.63, 3.8) is 0 Å². The first kappa shape index (κ1) is 22.3. The molecule has 0 radical (unpaired) electrons. The topological polar surface area (TPSA) is 127 Å². The number of aromatic nitrogens is 5. The number of nitrogens with one attached hydrogen (secondary N) is 2. The van der Waals surface area contributed by atoms with Crippen LogP contribution in [0.4, 0.5) is 5.95 Å². The molecule has 0 aliphatic rings. The third-order valence-electron chi connectivity index (χ3n) is 5.49. The number of benzene rings is 1. The van der Waals surface area contributed by atoms with Crippen molar-refractivity contribution < 1.29 is 9.84 Å². The molecule has 0 unspecified atom stereocenters. The molecule has 10 heteroatoms. The average molecular weight is 450 g/mol. The molecular formula is C23H26N6O4. The molecular weight excluding hydrogens is 424 g/mol. The fourth-order valence-corrected chi connectivity index (χ4v) is 3.49. The maximum Gasteiger partial charge on any atom is 0.329 e. The second kappa shape index (κ2) is 9.29. The van der Waals surface area contributed by atoms with E-state index in [0.29, 0.717) is 18.2 Å². The largest absolute Gasteiger partial charge is 0.491 e. The van der Waals surface area contributed by atoms with Gasteiger partial charge in [0.2, 0.25) is 5.95 Å². The summed E-state index contributed by atoms with van der Waals surface area (Å²) in [7, 11) is 1.53. The van der Waals surface area contributed by atoms with Crippen molar-refractivity contribution in [1.82, 2.24) is 24.1 Å². The van der Waals surface area contributed by atoms with Crippen LogP contribution in [0.1, 0.15) is 16.7 Å². The second-order valence-electron chi connectivity index (χ2n) is 7.96. The first-order valence-corrected chi connectivity index (χ1v) is 10.5. The molecule has 3 aromatic heterocycles. The first-order chi connectivity index (χ1) is 15.8. The third kappa shape index (κ3) is 4.80. The summed E-state index contributed by atoms with van der Waals surface area (Å²) in [5.74, 6) is 1.01. The van der Waals surface area contributed by atoms with E-state index in [1.165, 1.54) is 11.6 Å². The number of imidazole rings is 1. The summed E-state index contributed by atoms with van der Waals surface area (Å²) < 4.78 is 8.59. The van der Waals surface area contributed by atoms with Gasteiger partial charge in [0.15, 0.2) is 11.2 Å². The number of H-pyrrole nitrogens is 1. The van der Waals surface area contributed by atoms with Gasteiger partial charge in [-0.25, -0.2) is 4.79 Å². The van der Waals surface area contributed by atoms with Gasteiger partial charge in [-0.1, -0.05) is 12.1 Å². The zero-order valence-electron chi connectivity index (χ0n) is 18.7. The number of aliphatic hydroxyl groups excluding tert-OH is 1. The highest BCUT2D eigenvalue weighted by molar-refractivity contribution is 5.74. The zero-order valence-corrected chi connectivity index (χ0v) is 18.7. The van der Waals surface area contributed by atoms with Gasteiger partial charge in [-0.3, -0.25) is 19.3 Å². The Morgan fingerprint density at radius 2 is 2.03 bits per heavy atom. The van der Waals surface area contributed by atoms with E-state index in [4.69, 9.17) is 4.74 Å². The van der Waals surface area contributed by atoms with Crippen LogP contribution < -0.4 is 21.3 Å². The SMILES string of the molecule is Cc1ccc(OC[C@H](O)Cn2c(NCc3cccnc3)nc3c2c(=O)[nH]c(=O)n3C)cc1C. The van der Waals surface area contributed by atoms with Gasteiger partial charge < -0.3 is 19.7 Å². The van der Waals surface area contributed by atoms with E-state index in [2.05, 4.69) is 20.3 Å². The number of aromatic amines is 1. The summed E-state index contributed by atoms with van der Waals surface area (Å²) in [6, 6.07) is 9.45. The van der Waals surface area contributed by atoms with Crippen molar-refractivity contribution in [2.45, 2.75) is 33.0 Å². The van der Waals surface area contributed by atoms with Crippen LogP contribution >= 0.6 is 0 Å². The van der Waals surface area contributed by atoms with E-state index in [-0.39, 0.29) is 24.3 Å². The summed E-state index contributed by atoms with van der Waals surface area (Å²) in [5, 5.41) is 13.9. The number of fused-ring (bicyclic) bond motifs is 1. The molecule has 1 aromatic carbocycles. The Hall–Kier alpha value is -3.92. The monoisotopic (exact) mass is 450 g/mol. The lowest BCUT2D eigenvalue weighted by atomic mass is 10.1. The standard InChI is InChI=1S/C23H26N6O4/c1-14-6-7-18(9-15(14)2)33-13-17(30)12-29-19-20(28(3)23(32)27-21(19)31)26-22(29)25-11-16-5-4-8-24-10-16/h4-10,17,30H,11-13H2,1-3H3,(H,25,26)(H,27,31,32)/t17-/m1/s1. The molecule has 0 saturated heterocycles. The smallest absolute Gasteiger partial charge is 0.329 e. The van der Waals surface area contributed by atoms with E-state index in [1.54, 1.807) is 17.0 Å². The summed E-state index contributed by atoms with van der Waals surface area (Å²) >= 11 is 0. The van der Waals surface area contributed by atoms with Crippen LogP contribution in [0.3, 0.4) is 0 Å². The van der Waals surface area contributed by atoms with Crippen LogP contribution in [-0.4, -0.2) is 41.9 Å². The minimum absolute atomic E-state index is 0.0217. The highest BCUT2D eigenvalue weighted by Gasteiger charge is 2.20. The number of ether oxygens (including phenoxy) is 1. The van der Waals surface area contributed by atoms with E-state index < -0.39 is 17.4 Å². The lowest BCUT2D eigenvalue weighted by Gasteiger charge is -2.16. The minimum atomic E-state index is -0.931. The van der Waals surface area contributed by atoms with Gasteiger partial charge in [0.05, 0.1) is 6.54 Å². The number of pyridine rings is 1. The molecule has 0 spiro atoms. The van der Waals surface area contributed by atoms with Gasteiger partial charge in [0.25, 0.3) is 5.56 Å². The number of hydrogen-bond donors (Lipinski definition) is 3. The van der Waals surface area contributed by atoms with Crippen molar-refractivity contribution in [3.05, 3.63) is 80.3 Å². The summed E-state index contributed by atoms with van der Waals surface area (Å²) in [6.07, 6.45) is 2.47. The fourth-order valence-electron chi connectivity index (χ4n) is 3.49. The minimum Gasteiger partial charge on any atom is -0.491 e. The molecule has 33 heavy (non-hydrogen) atoms. The normalized spacial score (nSPS) is 12.1. The molecule has 3 N–H and O–H groups in total. The van der Waals surface area contributed by atoms with Gasteiger partial charge >= 0.3 is 5.69 Å². The van der Waals surface area contributed by atoms with Crippen LogP contribution in [0.5, 0.6) is 5.75 Å². The number of hydrogen-bond acceptors (Lipinski definition) is 7. The summed E-state index contributed by atoms with van der Waals surface area (Å²) in [5.41, 5.74) is 2.44. The number of aliphatic hydroxyl groups is 1. The average Bonchev–Trinajstić information content (AvgIpc) is 3.16. The molecule has 1 atom stereocenters. The van der Waals surface area contributed by atoms with Gasteiger partial charge in [0, 0.05) is 26.0 Å². The Morgan fingerprint density at radius 3 is 2.76 bits per heavy atom. The molecule has 10 nitrogen and oxygen atoms in total. The van der Waals surface area contributed by atoms with E-state index in [9.17, 15) is 14.7 Å². The Balaban J connectivity index is 1.61. The predicted octanol–water partition coefficient (Wildman–Crippen LogP) is 1.49. The van der Waals surface area contributed by atoms with Gasteiger partial charge in [-0.2, -0.15) is 4.98 Å². The zero-order chi connectivity index (χ0) is 23.5. The predicted molar refractivity (Wildman–Crippen MR) is 125 cm³/mol. The summed E-state index contributed by atoms with van der Waals surface area (Å²) in [4.78, 5) is 35.5. The van der Waals surface area contributed by atoms with Gasteiger partial charge in [-0.15, -0.1) is 0 Å². The molecule has 0 fully saturated rings. The first-order valence-electron chi connectivity index (χ1n) is 10.5. The number of aryl methyl sites for hydroxylation is 3. The molecule has 0 aliphatic carbocycles. The maximum absolute atomic E-state index is 12.6. The molecule has 3 heterocycles. The highest BCUT2D eigenvalue weighted by atomic mass is 16.5. The third-order valence-corrected chi connectivity index (χ3v) is 5.49. The van der Waals surface area contributed by atoms with E-state index in [0.717, 1.165) is 16.7 Å². The van der Waals surface area contributed by atoms with E-state index in [1.807, 2.05) is 44.2 Å². The van der Waals surface area contributed by atoms with Crippen LogP contribution in [0.2, 0.25) is 0 Å². The number of anilines is 1. The van der Waals surface area contributed by atoms with Gasteiger partial charge in [-0.05, 0) is 48.7 Å². The molecule has 0 bridgehead atoms. The molecule has 4 aromatic rings. The van der Waals surface area contributed by atoms with Crippen molar-refractivity contribution in [3.8, 4) is 5.75 Å². The quantitative estimate of drug-likeness (QED) is 0.371. The molecule has 0 aliphatic heterocycles. The van der Waals surface area contributed by atoms with Crippen molar-refractivity contribution >= 4 is 17.1 Å². The lowest BCUT2D eigenvalue weighted by molar-refractivity contribution is 0.0938. The molecule has 0 saturated carbocycles. The van der Waals surface area contributed by atoms with Crippen LogP contribution in [0.15, 0.2) is 52.3 Å². The Kier molecular flexibility index (Phi) is 6.27. The van der Waals surface area contributed by atoms with Crippen molar-refractivity contribution in [1.29, 1.82) is 0 Å². The van der Waals surface area contributed by atoms with Crippen LogP contribution in [0, 0.1) is 13.8 Å². The number of nitrogens with zero attached hydrogens (tertiary/aromatic N) is 4. The summed E-state index contributed by atoms with van der Waals surface area (Å²) in [6.45, 7) is 4.47.